The van der Waals surface area contributed by atoms with Crippen molar-refractivity contribution >= 4 is 40.9 Å². The second kappa shape index (κ2) is 12.2. The first-order chi connectivity index (χ1) is 19.3. The second-order valence-electron chi connectivity index (χ2n) is 10.1. The molecule has 1 saturated heterocycles. The van der Waals surface area contributed by atoms with Crippen LogP contribution in [-0.4, -0.2) is 47.9 Å². The molecule has 0 radical (unpaired) electrons. The van der Waals surface area contributed by atoms with Crippen molar-refractivity contribution in [2.45, 2.75) is 63.6 Å². The molecular formula is C29H30Cl2FN3O5. The highest BCUT2D eigenvalue weighted by Gasteiger charge is 2.37. The molecule has 3 aromatic rings. The van der Waals surface area contributed by atoms with Crippen molar-refractivity contribution in [1.29, 1.82) is 0 Å². The van der Waals surface area contributed by atoms with Crippen LogP contribution in [0, 0.1) is 5.82 Å². The Bertz CT molecular complexity index is 1390. The highest BCUT2D eigenvalue weighted by Crippen LogP contribution is 2.46. The minimum atomic E-state index is -0.782. The van der Waals surface area contributed by atoms with Gasteiger partial charge in [0.1, 0.15) is 17.3 Å². The van der Waals surface area contributed by atoms with Crippen LogP contribution in [0.15, 0.2) is 40.9 Å². The number of hydrogen-bond acceptors (Lipinski definition) is 6. The van der Waals surface area contributed by atoms with Crippen LogP contribution in [0.1, 0.15) is 66.6 Å². The molecule has 40 heavy (non-hydrogen) atoms. The normalized spacial score (nSPS) is 18.7. The number of urea groups is 1. The number of methoxy groups -OCH3 is 1. The molecule has 2 atom stereocenters. The topological polar surface area (TPSA) is 93.9 Å². The molecule has 2 aliphatic rings. The van der Waals surface area contributed by atoms with Crippen LogP contribution in [0.4, 0.5) is 14.9 Å². The number of hydrogen-bond donors (Lipinski definition) is 1. The van der Waals surface area contributed by atoms with Gasteiger partial charge in [-0.05, 0) is 62.4 Å². The molecule has 11 heteroatoms. The number of nitrogens with zero attached hydrogens (tertiary/aromatic N) is 2. The van der Waals surface area contributed by atoms with Crippen LogP contribution in [0.2, 0.25) is 10.0 Å². The minimum Gasteiger partial charge on any atom is -0.465 e. The number of benzene rings is 2. The zero-order chi connectivity index (χ0) is 28.4. The number of rotatable bonds is 9. The number of ether oxygens (including phenoxy) is 2. The van der Waals surface area contributed by atoms with Crippen molar-refractivity contribution in [2.24, 2.45) is 0 Å². The zero-order valence-corrected chi connectivity index (χ0v) is 23.7. The van der Waals surface area contributed by atoms with E-state index >= 15 is 0 Å². The van der Waals surface area contributed by atoms with E-state index in [2.05, 4.69) is 15.2 Å². The molecule has 8 nitrogen and oxygen atoms in total. The summed E-state index contributed by atoms with van der Waals surface area (Å²) in [5.41, 5.74) is 2.05. The summed E-state index contributed by atoms with van der Waals surface area (Å²) in [4.78, 5) is 26.8. The number of esters is 1. The lowest BCUT2D eigenvalue weighted by Crippen LogP contribution is -2.45. The molecule has 2 aromatic carbocycles. The molecule has 1 N–H and O–H groups in total. The summed E-state index contributed by atoms with van der Waals surface area (Å²) in [6, 6.07) is 8.65. The smallest absolute Gasteiger partial charge is 0.340 e. The van der Waals surface area contributed by atoms with Gasteiger partial charge in [-0.25, -0.2) is 14.0 Å². The second-order valence-corrected chi connectivity index (χ2v) is 10.9. The van der Waals surface area contributed by atoms with E-state index in [4.69, 9.17) is 32.5 Å². The van der Waals surface area contributed by atoms with E-state index in [-0.39, 0.29) is 36.0 Å². The third-order valence-corrected chi connectivity index (χ3v) is 8.10. The fraction of sp³-hybridized carbons (Fsp3) is 0.414. The standard InChI is InChI=1S/C29H30Cl2FN3O5/c1-3-18-10-11-19(35(18)29(37)33-17-9-12-20(24(32)13-17)28(36)38-2)14-39-15-21-26(34-40-27(21)16-7-8-16)25-22(30)5-4-6-23(25)31/h4-6,9,12-13,16,18-19H,3,7-8,10-11,14-15H2,1-2H3,(H,33,37). The van der Waals surface area contributed by atoms with Crippen LogP contribution >= 0.6 is 23.2 Å². The fourth-order valence-electron chi connectivity index (χ4n) is 5.26. The molecule has 212 valence electrons. The van der Waals surface area contributed by atoms with Crippen molar-refractivity contribution in [1.82, 2.24) is 10.1 Å². The summed E-state index contributed by atoms with van der Waals surface area (Å²) >= 11 is 12.9. The predicted molar refractivity (Wildman–Crippen MR) is 149 cm³/mol. The SMILES string of the molecule is CCC1CCC(COCc2c(-c3c(Cl)cccc3Cl)noc2C2CC2)N1C(=O)Nc1ccc(C(=O)OC)c(F)c1. The Morgan fingerprint density at radius 1 is 1.12 bits per heavy atom. The average Bonchev–Trinajstić information content (AvgIpc) is 3.57. The minimum absolute atomic E-state index is 0.0166. The van der Waals surface area contributed by atoms with Crippen LogP contribution in [-0.2, 0) is 16.1 Å². The van der Waals surface area contributed by atoms with E-state index in [0.29, 0.717) is 33.8 Å². The number of carbonyl (C=O) groups excluding carboxylic acids is 2. The summed E-state index contributed by atoms with van der Waals surface area (Å²) in [6.45, 7) is 2.55. The van der Waals surface area contributed by atoms with Gasteiger partial charge in [0.2, 0.25) is 0 Å². The molecule has 2 fully saturated rings. The van der Waals surface area contributed by atoms with Crippen LogP contribution in [0.5, 0.6) is 0 Å². The average molecular weight is 590 g/mol. The summed E-state index contributed by atoms with van der Waals surface area (Å²) < 4.78 is 30.9. The Balaban J connectivity index is 1.29. The van der Waals surface area contributed by atoms with E-state index in [1.54, 1.807) is 23.1 Å². The molecule has 2 heterocycles. The van der Waals surface area contributed by atoms with Crippen molar-refractivity contribution < 1.29 is 28.0 Å². The van der Waals surface area contributed by atoms with Gasteiger partial charge in [0.15, 0.2) is 0 Å². The Kier molecular flexibility index (Phi) is 8.63. The number of aromatic nitrogens is 1. The van der Waals surface area contributed by atoms with E-state index in [1.807, 2.05) is 6.92 Å². The number of halogens is 3. The number of carbonyl (C=O) groups is 2. The Labute approximate surface area is 241 Å². The molecule has 1 aliphatic carbocycles. The largest absolute Gasteiger partial charge is 0.465 e. The summed E-state index contributed by atoms with van der Waals surface area (Å²) in [5.74, 6) is -0.468. The van der Waals surface area contributed by atoms with Crippen molar-refractivity contribution in [3.63, 3.8) is 0 Å². The first-order valence-corrected chi connectivity index (χ1v) is 14.1. The summed E-state index contributed by atoms with van der Waals surface area (Å²) in [6.07, 6.45) is 4.41. The third kappa shape index (κ3) is 5.82. The van der Waals surface area contributed by atoms with Gasteiger partial charge < -0.3 is 24.2 Å². The fourth-order valence-corrected chi connectivity index (χ4v) is 5.84. The van der Waals surface area contributed by atoms with Gasteiger partial charge in [0.25, 0.3) is 0 Å². The Morgan fingerprint density at radius 3 is 2.50 bits per heavy atom. The molecule has 0 spiro atoms. The molecular weight excluding hydrogens is 560 g/mol. The van der Waals surface area contributed by atoms with Crippen molar-refractivity contribution in [3.05, 3.63) is 69.1 Å². The molecule has 1 saturated carbocycles. The lowest BCUT2D eigenvalue weighted by molar-refractivity contribution is 0.0595. The van der Waals surface area contributed by atoms with E-state index < -0.39 is 11.8 Å². The maximum atomic E-state index is 14.4. The molecule has 0 bridgehead atoms. The number of amides is 2. The van der Waals surface area contributed by atoms with E-state index in [0.717, 1.165) is 49.5 Å². The van der Waals surface area contributed by atoms with E-state index in [1.165, 1.54) is 19.2 Å². The first-order valence-electron chi connectivity index (χ1n) is 13.3. The number of likely N-dealkylation sites (tertiary alicyclic amines) is 1. The van der Waals surface area contributed by atoms with Gasteiger partial charge in [0, 0.05) is 28.8 Å². The predicted octanol–water partition coefficient (Wildman–Crippen LogP) is 7.44. The maximum Gasteiger partial charge on any atom is 0.340 e. The quantitative estimate of drug-likeness (QED) is 0.260. The highest BCUT2D eigenvalue weighted by molar-refractivity contribution is 6.39. The van der Waals surface area contributed by atoms with Crippen LogP contribution in [0.3, 0.4) is 0 Å². The highest BCUT2D eigenvalue weighted by atomic mass is 35.5. The molecule has 1 aromatic heterocycles. The van der Waals surface area contributed by atoms with Gasteiger partial charge in [-0.2, -0.15) is 0 Å². The zero-order valence-electron chi connectivity index (χ0n) is 22.2. The Hall–Kier alpha value is -3.14. The van der Waals surface area contributed by atoms with Gasteiger partial charge in [0.05, 0.1) is 42.0 Å². The van der Waals surface area contributed by atoms with Crippen molar-refractivity contribution in [2.75, 3.05) is 19.0 Å². The van der Waals surface area contributed by atoms with Gasteiger partial charge in [-0.3, -0.25) is 0 Å². The molecule has 5 rings (SSSR count). The van der Waals surface area contributed by atoms with E-state index in [9.17, 15) is 14.0 Å². The molecule has 2 amide bonds. The number of anilines is 1. The number of nitrogens with one attached hydrogen (secondary N) is 1. The lowest BCUT2D eigenvalue weighted by atomic mass is 10.0. The van der Waals surface area contributed by atoms with Crippen LogP contribution in [0.25, 0.3) is 11.3 Å². The van der Waals surface area contributed by atoms with Crippen LogP contribution < -0.4 is 5.32 Å². The van der Waals surface area contributed by atoms with Gasteiger partial charge in [-0.15, -0.1) is 0 Å². The van der Waals surface area contributed by atoms with Gasteiger partial charge >= 0.3 is 12.0 Å². The Morgan fingerprint density at radius 2 is 1.85 bits per heavy atom. The molecule has 2 unspecified atom stereocenters. The van der Waals surface area contributed by atoms with Crippen molar-refractivity contribution in [3.8, 4) is 11.3 Å². The lowest BCUT2D eigenvalue weighted by Gasteiger charge is -2.30. The van der Waals surface area contributed by atoms with Gasteiger partial charge in [-0.1, -0.05) is 41.3 Å². The first kappa shape index (κ1) is 28.4. The summed E-state index contributed by atoms with van der Waals surface area (Å²) in [5, 5.41) is 8.03. The third-order valence-electron chi connectivity index (χ3n) is 7.47. The maximum absolute atomic E-state index is 14.4. The molecule has 1 aliphatic heterocycles. The monoisotopic (exact) mass is 589 g/mol. The summed E-state index contributed by atoms with van der Waals surface area (Å²) in [7, 11) is 1.18.